The van der Waals surface area contributed by atoms with Crippen LogP contribution < -0.4 is 0 Å². The fourth-order valence-electron chi connectivity index (χ4n) is 1.14. The van der Waals surface area contributed by atoms with Crippen LogP contribution in [0.5, 0.6) is 0 Å². The molecule has 0 aliphatic carbocycles. The predicted octanol–water partition coefficient (Wildman–Crippen LogP) is 3.92. The van der Waals surface area contributed by atoms with E-state index in [2.05, 4.69) is 26.8 Å². The SMILES string of the molecule is C/C=C(/CCC)CCCC. The summed E-state index contributed by atoms with van der Waals surface area (Å²) in [5, 5.41) is 0. The molecule has 10 heavy (non-hydrogen) atoms. The van der Waals surface area contributed by atoms with E-state index in [0.29, 0.717) is 0 Å². The van der Waals surface area contributed by atoms with Crippen LogP contribution in [0.15, 0.2) is 11.6 Å². The van der Waals surface area contributed by atoms with Crippen molar-refractivity contribution in [1.29, 1.82) is 0 Å². The fourth-order valence-corrected chi connectivity index (χ4v) is 1.14. The van der Waals surface area contributed by atoms with E-state index in [0.717, 1.165) is 0 Å². The molecule has 0 spiro atoms. The van der Waals surface area contributed by atoms with E-state index in [1.807, 2.05) is 0 Å². The van der Waals surface area contributed by atoms with Gasteiger partial charge in [0.05, 0.1) is 0 Å². The Balaban J connectivity index is 3.41. The van der Waals surface area contributed by atoms with Crippen LogP contribution in [-0.4, -0.2) is 0 Å². The first-order valence-electron chi connectivity index (χ1n) is 4.49. The molecule has 0 heteroatoms. The zero-order valence-corrected chi connectivity index (χ0v) is 7.61. The van der Waals surface area contributed by atoms with Crippen molar-refractivity contribution >= 4 is 0 Å². The van der Waals surface area contributed by atoms with Crippen molar-refractivity contribution in [3.05, 3.63) is 11.6 Å². The van der Waals surface area contributed by atoms with E-state index >= 15 is 0 Å². The van der Waals surface area contributed by atoms with Crippen LogP contribution in [0.4, 0.5) is 0 Å². The zero-order chi connectivity index (χ0) is 7.82. The fraction of sp³-hybridized carbons (Fsp3) is 0.800. The number of hydrogen-bond acceptors (Lipinski definition) is 0. The second-order valence-electron chi connectivity index (χ2n) is 2.80. The minimum atomic E-state index is 1.30. The summed E-state index contributed by atoms with van der Waals surface area (Å²) in [5.41, 5.74) is 1.64. The van der Waals surface area contributed by atoms with Gasteiger partial charge in [0.1, 0.15) is 0 Å². The molecule has 0 bridgehead atoms. The van der Waals surface area contributed by atoms with Gasteiger partial charge < -0.3 is 0 Å². The van der Waals surface area contributed by atoms with Crippen molar-refractivity contribution in [2.24, 2.45) is 0 Å². The molecule has 60 valence electrons. The smallest absolute Gasteiger partial charge is 0.0321 e. The predicted molar refractivity (Wildman–Crippen MR) is 48.2 cm³/mol. The Hall–Kier alpha value is -0.260. The number of rotatable bonds is 5. The van der Waals surface area contributed by atoms with E-state index in [1.54, 1.807) is 5.57 Å². The van der Waals surface area contributed by atoms with Gasteiger partial charge in [0.15, 0.2) is 0 Å². The summed E-state index contributed by atoms with van der Waals surface area (Å²) in [4.78, 5) is 0. The molecule has 0 unspecified atom stereocenters. The molecular formula is C10H20. The highest BCUT2D eigenvalue weighted by molar-refractivity contribution is 4.99. The molecule has 0 aromatic rings. The Morgan fingerprint density at radius 3 is 2.20 bits per heavy atom. The molecular weight excluding hydrogens is 120 g/mol. The first-order valence-corrected chi connectivity index (χ1v) is 4.49. The third-order valence-corrected chi connectivity index (χ3v) is 1.83. The van der Waals surface area contributed by atoms with Crippen molar-refractivity contribution in [3.63, 3.8) is 0 Å². The quantitative estimate of drug-likeness (QED) is 0.508. The summed E-state index contributed by atoms with van der Waals surface area (Å²) < 4.78 is 0. The highest BCUT2D eigenvalue weighted by Gasteiger charge is 1.92. The van der Waals surface area contributed by atoms with Crippen molar-refractivity contribution in [1.82, 2.24) is 0 Å². The molecule has 0 nitrogen and oxygen atoms in total. The van der Waals surface area contributed by atoms with Gasteiger partial charge in [-0.1, -0.05) is 38.3 Å². The monoisotopic (exact) mass is 140 g/mol. The molecule has 0 saturated heterocycles. The molecule has 0 aromatic heterocycles. The summed E-state index contributed by atoms with van der Waals surface area (Å²) in [6, 6.07) is 0. The minimum Gasteiger partial charge on any atom is -0.0885 e. The lowest BCUT2D eigenvalue weighted by Crippen LogP contribution is -1.82. The summed E-state index contributed by atoms with van der Waals surface area (Å²) in [5.74, 6) is 0. The van der Waals surface area contributed by atoms with E-state index in [4.69, 9.17) is 0 Å². The maximum absolute atomic E-state index is 2.28. The van der Waals surface area contributed by atoms with E-state index in [1.165, 1.54) is 32.1 Å². The largest absolute Gasteiger partial charge is 0.0885 e. The van der Waals surface area contributed by atoms with Gasteiger partial charge in [-0.15, -0.1) is 0 Å². The second-order valence-corrected chi connectivity index (χ2v) is 2.80. The molecule has 0 heterocycles. The molecule has 0 saturated carbocycles. The Morgan fingerprint density at radius 2 is 1.80 bits per heavy atom. The van der Waals surface area contributed by atoms with Crippen LogP contribution in [0.25, 0.3) is 0 Å². The average Bonchev–Trinajstić information content (AvgIpc) is 1.98. The highest BCUT2D eigenvalue weighted by atomic mass is 14.0. The van der Waals surface area contributed by atoms with Crippen LogP contribution in [0, 0.1) is 0 Å². The minimum absolute atomic E-state index is 1.30. The number of allylic oxidation sites excluding steroid dienone is 2. The third kappa shape index (κ3) is 4.60. The summed E-state index contributed by atoms with van der Waals surface area (Å²) in [7, 11) is 0. The van der Waals surface area contributed by atoms with Gasteiger partial charge in [-0.05, 0) is 26.2 Å². The van der Waals surface area contributed by atoms with Gasteiger partial charge >= 0.3 is 0 Å². The first kappa shape index (κ1) is 9.74. The maximum atomic E-state index is 2.28. The lowest BCUT2D eigenvalue weighted by Gasteiger charge is -2.02. The standard InChI is InChI=1S/C10H20/c1-4-7-9-10(6-3)8-5-2/h6H,4-5,7-9H2,1-3H3/b10-6-. The van der Waals surface area contributed by atoms with E-state index < -0.39 is 0 Å². The van der Waals surface area contributed by atoms with Crippen LogP contribution in [0.2, 0.25) is 0 Å². The van der Waals surface area contributed by atoms with Gasteiger partial charge in [0.2, 0.25) is 0 Å². The molecule has 0 radical (unpaired) electrons. The van der Waals surface area contributed by atoms with Gasteiger partial charge in [-0.2, -0.15) is 0 Å². The van der Waals surface area contributed by atoms with Gasteiger partial charge in [-0.3, -0.25) is 0 Å². The summed E-state index contributed by atoms with van der Waals surface area (Å²) in [6.07, 6.45) is 8.88. The van der Waals surface area contributed by atoms with Gasteiger partial charge in [0.25, 0.3) is 0 Å². The Bertz CT molecular complexity index is 90.2. The van der Waals surface area contributed by atoms with Crippen LogP contribution >= 0.6 is 0 Å². The first-order chi connectivity index (χ1) is 4.85. The Labute approximate surface area is 65.3 Å². The zero-order valence-electron chi connectivity index (χ0n) is 7.61. The molecule has 0 N–H and O–H groups in total. The topological polar surface area (TPSA) is 0 Å². The van der Waals surface area contributed by atoms with Crippen molar-refractivity contribution in [2.45, 2.75) is 52.9 Å². The van der Waals surface area contributed by atoms with Gasteiger partial charge in [-0.25, -0.2) is 0 Å². The lowest BCUT2D eigenvalue weighted by molar-refractivity contribution is 0.741. The molecule has 0 fully saturated rings. The Morgan fingerprint density at radius 1 is 1.10 bits per heavy atom. The molecule has 0 atom stereocenters. The van der Waals surface area contributed by atoms with Crippen LogP contribution in [0.1, 0.15) is 52.9 Å². The van der Waals surface area contributed by atoms with Crippen LogP contribution in [-0.2, 0) is 0 Å². The normalized spacial score (nSPS) is 12.1. The van der Waals surface area contributed by atoms with Crippen molar-refractivity contribution in [3.8, 4) is 0 Å². The average molecular weight is 140 g/mol. The van der Waals surface area contributed by atoms with Crippen molar-refractivity contribution in [2.75, 3.05) is 0 Å². The molecule has 0 aliphatic heterocycles. The number of unbranched alkanes of at least 4 members (excludes halogenated alkanes) is 1. The summed E-state index contributed by atoms with van der Waals surface area (Å²) in [6.45, 7) is 6.65. The maximum Gasteiger partial charge on any atom is -0.0321 e. The van der Waals surface area contributed by atoms with Crippen molar-refractivity contribution < 1.29 is 0 Å². The second kappa shape index (κ2) is 6.85. The van der Waals surface area contributed by atoms with Gasteiger partial charge in [0, 0.05) is 0 Å². The van der Waals surface area contributed by atoms with Crippen LogP contribution in [0.3, 0.4) is 0 Å². The number of hydrogen-bond donors (Lipinski definition) is 0. The molecule has 0 aliphatic rings. The highest BCUT2D eigenvalue weighted by Crippen LogP contribution is 2.12. The third-order valence-electron chi connectivity index (χ3n) is 1.83. The van der Waals surface area contributed by atoms with E-state index in [9.17, 15) is 0 Å². The molecule has 0 aromatic carbocycles. The lowest BCUT2D eigenvalue weighted by atomic mass is 10.0. The van der Waals surface area contributed by atoms with E-state index in [-0.39, 0.29) is 0 Å². The Kier molecular flexibility index (Phi) is 6.68. The molecule has 0 rings (SSSR count). The molecule has 0 amide bonds. The summed E-state index contributed by atoms with van der Waals surface area (Å²) >= 11 is 0.